The molecule has 17 heavy (non-hydrogen) atoms. The van der Waals surface area contributed by atoms with Crippen LogP contribution >= 0.6 is 0 Å². The summed E-state index contributed by atoms with van der Waals surface area (Å²) in [6.45, 7) is 1.73. The molecule has 0 bridgehead atoms. The minimum atomic E-state index is 0.174. The summed E-state index contributed by atoms with van der Waals surface area (Å²) in [7, 11) is 0. The van der Waals surface area contributed by atoms with E-state index in [9.17, 15) is 4.79 Å². The van der Waals surface area contributed by atoms with E-state index in [0.29, 0.717) is 24.9 Å². The minimum absolute atomic E-state index is 0.174. The van der Waals surface area contributed by atoms with E-state index in [1.165, 1.54) is 32.1 Å². The lowest BCUT2D eigenvalue weighted by Gasteiger charge is -2.41. The zero-order valence-electron chi connectivity index (χ0n) is 10.7. The fraction of sp³-hybridized carbons (Fsp3) is 0.929. The van der Waals surface area contributed by atoms with Crippen molar-refractivity contribution in [1.29, 1.82) is 0 Å². The Kier molecular flexibility index (Phi) is 2.89. The number of rotatable bonds is 6. The molecule has 1 amide bonds. The van der Waals surface area contributed by atoms with Crippen LogP contribution in [0.25, 0.3) is 0 Å². The highest BCUT2D eigenvalue weighted by atomic mass is 16.2. The van der Waals surface area contributed by atoms with Gasteiger partial charge in [0, 0.05) is 19.0 Å². The highest BCUT2D eigenvalue weighted by molar-refractivity contribution is 5.78. The van der Waals surface area contributed by atoms with E-state index in [4.69, 9.17) is 5.73 Å². The van der Waals surface area contributed by atoms with Gasteiger partial charge in [-0.05, 0) is 56.4 Å². The van der Waals surface area contributed by atoms with Gasteiger partial charge in [0.05, 0.1) is 0 Å². The Hall–Kier alpha value is -0.570. The lowest BCUT2D eigenvalue weighted by Crippen LogP contribution is -2.44. The van der Waals surface area contributed by atoms with Gasteiger partial charge in [-0.25, -0.2) is 0 Å². The van der Waals surface area contributed by atoms with Gasteiger partial charge in [-0.2, -0.15) is 0 Å². The maximum absolute atomic E-state index is 12.4. The van der Waals surface area contributed by atoms with Gasteiger partial charge in [-0.15, -0.1) is 0 Å². The molecule has 0 spiro atoms. The number of hydrogen-bond donors (Lipinski definition) is 1. The predicted molar refractivity (Wildman–Crippen MR) is 67.4 cm³/mol. The number of amides is 1. The smallest absolute Gasteiger partial charge is 0.223 e. The molecule has 0 heterocycles. The maximum Gasteiger partial charge on any atom is 0.223 e. The molecule has 0 atom stereocenters. The predicted octanol–water partition coefficient (Wildman–Crippen LogP) is 1.91. The monoisotopic (exact) mass is 236 g/mol. The van der Waals surface area contributed by atoms with E-state index in [-0.39, 0.29) is 5.41 Å². The van der Waals surface area contributed by atoms with Gasteiger partial charge in [0.1, 0.15) is 0 Å². The van der Waals surface area contributed by atoms with Gasteiger partial charge in [-0.3, -0.25) is 4.79 Å². The highest BCUT2D eigenvalue weighted by Gasteiger charge is 2.42. The first-order chi connectivity index (χ1) is 8.22. The van der Waals surface area contributed by atoms with Crippen molar-refractivity contribution in [2.45, 2.75) is 57.4 Å². The molecule has 3 nitrogen and oxygen atoms in total. The third-order valence-electron chi connectivity index (χ3n) is 4.83. The van der Waals surface area contributed by atoms with Gasteiger partial charge in [-0.1, -0.05) is 6.42 Å². The van der Waals surface area contributed by atoms with Crippen molar-refractivity contribution >= 4 is 5.91 Å². The standard InChI is InChI=1S/C14H24N2O/c15-10-14(6-1-7-14)8-13(17)16(12-4-5-12)9-11-2-3-11/h11-12H,1-10,15H2. The molecule has 0 unspecified atom stereocenters. The van der Waals surface area contributed by atoms with Crippen molar-refractivity contribution in [1.82, 2.24) is 4.90 Å². The Morgan fingerprint density at radius 2 is 1.94 bits per heavy atom. The second-order valence-corrected chi connectivity index (χ2v) is 6.46. The molecule has 0 aromatic carbocycles. The van der Waals surface area contributed by atoms with Gasteiger partial charge >= 0.3 is 0 Å². The van der Waals surface area contributed by atoms with E-state index in [1.54, 1.807) is 0 Å². The van der Waals surface area contributed by atoms with Crippen molar-refractivity contribution < 1.29 is 4.79 Å². The molecular formula is C14H24N2O. The SMILES string of the molecule is NCC1(CC(=O)N(CC2CC2)C2CC2)CCC1. The van der Waals surface area contributed by atoms with E-state index < -0.39 is 0 Å². The van der Waals surface area contributed by atoms with E-state index in [0.717, 1.165) is 25.3 Å². The summed E-state index contributed by atoms with van der Waals surface area (Å²) in [5.74, 6) is 1.21. The first kappa shape index (κ1) is 11.5. The molecule has 0 saturated heterocycles. The molecule has 3 aliphatic rings. The first-order valence-corrected chi connectivity index (χ1v) is 7.22. The van der Waals surface area contributed by atoms with Crippen LogP contribution in [0.4, 0.5) is 0 Å². The second kappa shape index (κ2) is 4.27. The summed E-state index contributed by atoms with van der Waals surface area (Å²) in [6, 6.07) is 0.581. The largest absolute Gasteiger partial charge is 0.339 e. The van der Waals surface area contributed by atoms with Crippen LogP contribution in [-0.4, -0.2) is 29.9 Å². The lowest BCUT2D eigenvalue weighted by molar-refractivity contribution is -0.136. The molecule has 0 aliphatic heterocycles. The normalized spacial score (nSPS) is 26.4. The number of carbonyl (C=O) groups excluding carboxylic acids is 1. The summed E-state index contributed by atoms with van der Waals surface area (Å²) < 4.78 is 0. The van der Waals surface area contributed by atoms with Crippen molar-refractivity contribution in [2.75, 3.05) is 13.1 Å². The van der Waals surface area contributed by atoms with Crippen LogP contribution in [-0.2, 0) is 4.79 Å². The van der Waals surface area contributed by atoms with E-state index in [1.807, 2.05) is 0 Å². The number of carbonyl (C=O) groups is 1. The van der Waals surface area contributed by atoms with Gasteiger partial charge in [0.2, 0.25) is 5.91 Å². The third kappa shape index (κ3) is 2.49. The zero-order valence-corrected chi connectivity index (χ0v) is 10.7. The molecule has 0 aromatic heterocycles. The molecule has 0 aromatic rings. The Bertz CT molecular complexity index is 298. The molecule has 3 rings (SSSR count). The zero-order chi connectivity index (χ0) is 11.9. The van der Waals surface area contributed by atoms with Crippen LogP contribution in [0.3, 0.4) is 0 Å². The molecule has 3 saturated carbocycles. The Morgan fingerprint density at radius 1 is 1.24 bits per heavy atom. The summed E-state index contributed by atoms with van der Waals surface area (Å²) in [6.07, 6.45) is 9.43. The maximum atomic E-state index is 12.4. The van der Waals surface area contributed by atoms with Crippen molar-refractivity contribution in [3.8, 4) is 0 Å². The first-order valence-electron chi connectivity index (χ1n) is 7.22. The Morgan fingerprint density at radius 3 is 2.35 bits per heavy atom. The molecule has 2 N–H and O–H groups in total. The van der Waals surface area contributed by atoms with Crippen LogP contribution in [0.2, 0.25) is 0 Å². The average molecular weight is 236 g/mol. The fourth-order valence-corrected chi connectivity index (χ4v) is 2.97. The van der Waals surface area contributed by atoms with Crippen LogP contribution in [0.1, 0.15) is 51.4 Å². The molecule has 0 radical (unpaired) electrons. The van der Waals surface area contributed by atoms with Crippen LogP contribution in [0, 0.1) is 11.3 Å². The summed E-state index contributed by atoms with van der Waals surface area (Å²) in [5.41, 5.74) is 6.03. The number of hydrogen-bond acceptors (Lipinski definition) is 2. The topological polar surface area (TPSA) is 46.3 Å². The Balaban J connectivity index is 1.58. The molecular weight excluding hydrogens is 212 g/mol. The summed E-state index contributed by atoms with van der Waals surface area (Å²) in [4.78, 5) is 14.6. The van der Waals surface area contributed by atoms with Crippen molar-refractivity contribution in [3.05, 3.63) is 0 Å². The third-order valence-corrected chi connectivity index (χ3v) is 4.83. The average Bonchev–Trinajstić information content (AvgIpc) is 3.13. The number of nitrogens with zero attached hydrogens (tertiary/aromatic N) is 1. The molecule has 3 aliphatic carbocycles. The minimum Gasteiger partial charge on any atom is -0.339 e. The Labute approximate surface area is 104 Å². The fourth-order valence-electron chi connectivity index (χ4n) is 2.97. The van der Waals surface area contributed by atoms with E-state index in [2.05, 4.69) is 4.90 Å². The van der Waals surface area contributed by atoms with Crippen molar-refractivity contribution in [2.24, 2.45) is 17.1 Å². The molecule has 3 fully saturated rings. The summed E-state index contributed by atoms with van der Waals surface area (Å²) >= 11 is 0. The van der Waals surface area contributed by atoms with E-state index >= 15 is 0 Å². The van der Waals surface area contributed by atoms with Gasteiger partial charge < -0.3 is 10.6 Å². The lowest BCUT2D eigenvalue weighted by atomic mass is 9.66. The second-order valence-electron chi connectivity index (χ2n) is 6.46. The molecule has 96 valence electrons. The highest BCUT2D eigenvalue weighted by Crippen LogP contribution is 2.44. The van der Waals surface area contributed by atoms with Crippen LogP contribution in [0.5, 0.6) is 0 Å². The quantitative estimate of drug-likeness (QED) is 0.765. The van der Waals surface area contributed by atoms with Crippen LogP contribution < -0.4 is 5.73 Å². The summed E-state index contributed by atoms with van der Waals surface area (Å²) in [5, 5.41) is 0. The van der Waals surface area contributed by atoms with Crippen molar-refractivity contribution in [3.63, 3.8) is 0 Å². The van der Waals surface area contributed by atoms with Crippen LogP contribution in [0.15, 0.2) is 0 Å². The van der Waals surface area contributed by atoms with Gasteiger partial charge in [0.25, 0.3) is 0 Å². The number of nitrogens with two attached hydrogens (primary N) is 1. The van der Waals surface area contributed by atoms with Gasteiger partial charge in [0.15, 0.2) is 0 Å². The molecule has 3 heteroatoms.